The Hall–Kier alpha value is -2.36. The van der Waals surface area contributed by atoms with Crippen molar-refractivity contribution in [2.45, 2.75) is 13.8 Å². The lowest BCUT2D eigenvalue weighted by Gasteiger charge is -2.07. The molecule has 0 saturated heterocycles. The minimum Gasteiger partial charge on any atom is -0.369 e. The largest absolute Gasteiger partial charge is 0.369 e. The first kappa shape index (κ1) is 12.1. The van der Waals surface area contributed by atoms with Crippen molar-refractivity contribution >= 4 is 12.1 Å². The summed E-state index contributed by atoms with van der Waals surface area (Å²) in [6, 6.07) is 11.0. The Kier molecular flexibility index (Phi) is 3.28. The summed E-state index contributed by atoms with van der Waals surface area (Å²) in [6.07, 6.45) is 1.68. The van der Waals surface area contributed by atoms with E-state index in [1.807, 2.05) is 44.2 Å². The van der Waals surface area contributed by atoms with Crippen molar-refractivity contribution in [3.05, 3.63) is 52.3 Å². The van der Waals surface area contributed by atoms with Gasteiger partial charge in [-0.2, -0.15) is 0 Å². The van der Waals surface area contributed by atoms with Gasteiger partial charge in [0, 0.05) is 17.8 Å². The summed E-state index contributed by atoms with van der Waals surface area (Å²) in [7, 11) is 0. The van der Waals surface area contributed by atoms with Crippen LogP contribution >= 0.6 is 0 Å². The van der Waals surface area contributed by atoms with Crippen LogP contribution in [0.1, 0.15) is 13.8 Å². The minimum absolute atomic E-state index is 0.178. The Balaban J connectivity index is 2.57. The molecule has 0 bridgehead atoms. The Morgan fingerprint density at radius 2 is 1.94 bits per heavy atom. The first-order valence-electron chi connectivity index (χ1n) is 5.67. The molecule has 2 aromatic rings. The van der Waals surface area contributed by atoms with Gasteiger partial charge in [0.1, 0.15) is 0 Å². The average Bonchev–Trinajstić information content (AvgIpc) is 2.34. The molecule has 0 aliphatic carbocycles. The molecule has 4 nitrogen and oxygen atoms in total. The molecule has 0 unspecified atom stereocenters. The number of hydrogen-bond acceptors (Lipinski definition) is 3. The SMILES string of the molecule is CC(C)=Cn1c(N)nc(-c2ccccc2)cc1=O. The van der Waals surface area contributed by atoms with Gasteiger partial charge >= 0.3 is 0 Å². The number of nitrogens with zero attached hydrogens (tertiary/aromatic N) is 2. The third kappa shape index (κ3) is 2.48. The van der Waals surface area contributed by atoms with E-state index < -0.39 is 0 Å². The number of anilines is 1. The van der Waals surface area contributed by atoms with Crippen LogP contribution in [0.3, 0.4) is 0 Å². The normalized spacial score (nSPS) is 10.1. The molecule has 1 aromatic carbocycles. The minimum atomic E-state index is -0.178. The molecule has 18 heavy (non-hydrogen) atoms. The second kappa shape index (κ2) is 4.87. The highest BCUT2D eigenvalue weighted by Crippen LogP contribution is 2.15. The summed E-state index contributed by atoms with van der Waals surface area (Å²) >= 11 is 0. The van der Waals surface area contributed by atoms with E-state index >= 15 is 0 Å². The lowest BCUT2D eigenvalue weighted by Crippen LogP contribution is -2.20. The maximum Gasteiger partial charge on any atom is 0.259 e. The third-order valence-electron chi connectivity index (χ3n) is 2.44. The van der Waals surface area contributed by atoms with Crippen LogP contribution in [-0.2, 0) is 0 Å². The topological polar surface area (TPSA) is 60.9 Å². The maximum atomic E-state index is 12.0. The van der Waals surface area contributed by atoms with Crippen LogP contribution in [0.4, 0.5) is 5.95 Å². The standard InChI is InChI=1S/C14H15N3O/c1-10(2)9-17-13(18)8-12(16-14(17)15)11-6-4-3-5-7-11/h3-9H,1-2H3,(H2,15,16). The van der Waals surface area contributed by atoms with Crippen LogP contribution in [-0.4, -0.2) is 9.55 Å². The number of hydrogen-bond donors (Lipinski definition) is 1. The summed E-state index contributed by atoms with van der Waals surface area (Å²) < 4.78 is 1.35. The molecule has 0 amide bonds. The Labute approximate surface area is 105 Å². The molecule has 92 valence electrons. The lowest BCUT2D eigenvalue weighted by atomic mass is 10.1. The van der Waals surface area contributed by atoms with E-state index in [-0.39, 0.29) is 11.5 Å². The van der Waals surface area contributed by atoms with Gasteiger partial charge in [-0.1, -0.05) is 35.9 Å². The van der Waals surface area contributed by atoms with Gasteiger partial charge in [-0.3, -0.25) is 9.36 Å². The number of aromatic nitrogens is 2. The third-order valence-corrected chi connectivity index (χ3v) is 2.44. The first-order chi connectivity index (χ1) is 8.58. The highest BCUT2D eigenvalue weighted by atomic mass is 16.1. The number of nitrogens with two attached hydrogens (primary N) is 1. The molecular weight excluding hydrogens is 226 g/mol. The van der Waals surface area contributed by atoms with Crippen molar-refractivity contribution in [2.24, 2.45) is 0 Å². The van der Waals surface area contributed by atoms with Gasteiger partial charge in [0.05, 0.1) is 5.69 Å². The molecule has 1 heterocycles. The lowest BCUT2D eigenvalue weighted by molar-refractivity contribution is 1.00. The Morgan fingerprint density at radius 1 is 1.28 bits per heavy atom. The predicted octanol–water partition coefficient (Wildman–Crippen LogP) is 2.37. The van der Waals surface area contributed by atoms with Crippen LogP contribution in [0.2, 0.25) is 0 Å². The Bertz CT molecular complexity index is 638. The van der Waals surface area contributed by atoms with Gasteiger partial charge in [-0.25, -0.2) is 4.98 Å². The van der Waals surface area contributed by atoms with E-state index in [2.05, 4.69) is 4.98 Å². The van der Waals surface area contributed by atoms with Gasteiger partial charge in [0.2, 0.25) is 5.95 Å². The van der Waals surface area contributed by atoms with Crippen molar-refractivity contribution in [2.75, 3.05) is 5.73 Å². The number of benzene rings is 1. The van der Waals surface area contributed by atoms with Gasteiger partial charge < -0.3 is 5.73 Å². The summed E-state index contributed by atoms with van der Waals surface area (Å²) in [6.45, 7) is 3.80. The molecule has 0 radical (unpaired) electrons. The van der Waals surface area contributed by atoms with Crippen LogP contribution in [0.15, 0.2) is 46.8 Å². The molecule has 0 fully saturated rings. The highest BCUT2D eigenvalue weighted by molar-refractivity contribution is 5.60. The summed E-state index contributed by atoms with van der Waals surface area (Å²) in [5, 5.41) is 0. The fourth-order valence-corrected chi connectivity index (χ4v) is 1.65. The van der Waals surface area contributed by atoms with E-state index in [1.54, 1.807) is 6.20 Å². The van der Waals surface area contributed by atoms with Crippen LogP contribution in [0, 0.1) is 0 Å². The average molecular weight is 241 g/mol. The molecule has 0 aliphatic rings. The van der Waals surface area contributed by atoms with Gasteiger partial charge in [-0.15, -0.1) is 0 Å². The molecule has 2 N–H and O–H groups in total. The fraction of sp³-hybridized carbons (Fsp3) is 0.143. The zero-order valence-corrected chi connectivity index (χ0v) is 10.4. The van der Waals surface area contributed by atoms with E-state index in [0.717, 1.165) is 11.1 Å². The second-order valence-electron chi connectivity index (χ2n) is 4.28. The molecular formula is C14H15N3O. The second-order valence-corrected chi connectivity index (χ2v) is 4.28. The smallest absolute Gasteiger partial charge is 0.259 e. The molecule has 2 rings (SSSR count). The van der Waals surface area contributed by atoms with Gasteiger partial charge in [0.15, 0.2) is 0 Å². The number of nitrogen functional groups attached to an aromatic ring is 1. The number of rotatable bonds is 2. The van der Waals surface area contributed by atoms with Crippen LogP contribution < -0.4 is 11.3 Å². The van der Waals surface area contributed by atoms with Crippen LogP contribution in [0.5, 0.6) is 0 Å². The summed E-state index contributed by atoms with van der Waals surface area (Å²) in [5.74, 6) is 0.197. The zero-order valence-electron chi connectivity index (χ0n) is 10.4. The molecule has 0 spiro atoms. The number of allylic oxidation sites excluding steroid dienone is 1. The molecule has 4 heteroatoms. The van der Waals surface area contributed by atoms with Gasteiger partial charge in [0.25, 0.3) is 5.56 Å². The van der Waals surface area contributed by atoms with Crippen LogP contribution in [0.25, 0.3) is 17.5 Å². The fourth-order valence-electron chi connectivity index (χ4n) is 1.65. The molecule has 0 saturated carbocycles. The van der Waals surface area contributed by atoms with Crippen molar-refractivity contribution in [1.29, 1.82) is 0 Å². The van der Waals surface area contributed by atoms with Crippen molar-refractivity contribution in [3.63, 3.8) is 0 Å². The van der Waals surface area contributed by atoms with Gasteiger partial charge in [-0.05, 0) is 13.8 Å². The first-order valence-corrected chi connectivity index (χ1v) is 5.67. The monoisotopic (exact) mass is 241 g/mol. The predicted molar refractivity (Wildman–Crippen MR) is 74.0 cm³/mol. The quantitative estimate of drug-likeness (QED) is 0.878. The zero-order chi connectivity index (χ0) is 13.1. The molecule has 0 aliphatic heterocycles. The van der Waals surface area contributed by atoms with E-state index in [4.69, 9.17) is 5.73 Å². The Morgan fingerprint density at radius 3 is 2.50 bits per heavy atom. The summed E-state index contributed by atoms with van der Waals surface area (Å²) in [4.78, 5) is 16.2. The van der Waals surface area contributed by atoms with E-state index in [0.29, 0.717) is 5.69 Å². The molecule has 0 atom stereocenters. The summed E-state index contributed by atoms with van der Waals surface area (Å²) in [5.41, 5.74) is 8.10. The van der Waals surface area contributed by atoms with Crippen molar-refractivity contribution in [1.82, 2.24) is 9.55 Å². The highest BCUT2D eigenvalue weighted by Gasteiger charge is 2.05. The molecule has 1 aromatic heterocycles. The van der Waals surface area contributed by atoms with Crippen molar-refractivity contribution in [3.8, 4) is 11.3 Å². The van der Waals surface area contributed by atoms with E-state index in [1.165, 1.54) is 10.6 Å². The van der Waals surface area contributed by atoms with Crippen molar-refractivity contribution < 1.29 is 0 Å². The maximum absolute atomic E-state index is 12.0. The van der Waals surface area contributed by atoms with E-state index in [9.17, 15) is 4.79 Å².